The van der Waals surface area contributed by atoms with Crippen LogP contribution < -0.4 is 0 Å². The minimum Gasteiger partial charge on any atom is -0.305 e. The van der Waals surface area contributed by atoms with Crippen molar-refractivity contribution in [1.82, 2.24) is 15.0 Å². The number of benzene rings is 7. The minimum absolute atomic E-state index is 0. The molecule has 0 aliphatic rings. The molecule has 4 nitrogen and oxygen atoms in total. The molecule has 0 aliphatic carbocycles. The summed E-state index contributed by atoms with van der Waals surface area (Å²) in [4.78, 5) is 13.9. The van der Waals surface area contributed by atoms with E-state index in [1.165, 1.54) is 38.9 Å². The van der Waals surface area contributed by atoms with E-state index in [1.54, 1.807) is 0 Å². The van der Waals surface area contributed by atoms with E-state index in [1.807, 2.05) is 73.2 Å². The topological polar surface area (TPSA) is 62.5 Å². The summed E-state index contributed by atoms with van der Waals surface area (Å²) in [5.41, 5.74) is 22.7. The fourth-order valence-corrected chi connectivity index (χ4v) is 8.87. The molecule has 0 bridgehead atoms. The Balaban J connectivity index is 0.00000593. The zero-order valence-electron chi connectivity index (χ0n) is 38.5. The number of aromatic nitrogens is 3. The zero-order valence-corrected chi connectivity index (χ0v) is 40.9. The van der Waals surface area contributed by atoms with Crippen LogP contribution in [0.4, 0.5) is 0 Å². The number of aryl methyl sites for hydroxylation is 6. The van der Waals surface area contributed by atoms with Gasteiger partial charge in [-0.3, -0.25) is 0 Å². The first kappa shape index (κ1) is 46.2. The van der Waals surface area contributed by atoms with E-state index in [4.69, 9.17) is 4.98 Å². The molecule has 0 atom stereocenters. The first-order chi connectivity index (χ1) is 33.4. The first-order valence-electron chi connectivity index (χ1n) is 23.1. The smallest absolute Gasteiger partial charge is 0.305 e. The first-order valence-corrected chi connectivity index (χ1v) is 23.1. The Morgan fingerprint density at radius 3 is 1.45 bits per heavy atom. The molecule has 0 fully saturated rings. The summed E-state index contributed by atoms with van der Waals surface area (Å²) in [6.45, 7) is 4.18. The Kier molecular flexibility index (Phi) is 14.3. The molecule has 7 aromatic carbocycles. The number of rotatable bonds is 13. The second-order valence-corrected chi connectivity index (χ2v) is 17.4. The van der Waals surface area contributed by atoms with E-state index in [9.17, 15) is 5.26 Å². The van der Waals surface area contributed by atoms with Gasteiger partial charge in [-0.2, -0.15) is 5.26 Å². The summed E-state index contributed by atoms with van der Waals surface area (Å²) in [6.07, 6.45) is 9.09. The SMILES string of the molecule is Cc1ccnc(-c2[c-]cc(CCc3cc(CCc4c[c-]c(-c5cc(C)ccn5)cc4)cc(-c4ccccc4-c4c[c-]c(-c5ccccn5)cc4-c4ccc(-c5ccc(C#N)cc5)cc4)c3)cc2)c1.[Ir+3]. The predicted molar refractivity (Wildman–Crippen MR) is 276 cm³/mol. The van der Waals surface area contributed by atoms with Crippen molar-refractivity contribution in [2.24, 2.45) is 0 Å². The number of hydrogen-bond acceptors (Lipinski definition) is 4. The predicted octanol–water partition coefficient (Wildman–Crippen LogP) is 15.0. The summed E-state index contributed by atoms with van der Waals surface area (Å²) >= 11 is 0. The monoisotopic (exact) mass is 1060 g/mol. The molecular weight excluding hydrogens is 1020 g/mol. The molecule has 3 heterocycles. The fraction of sp³-hybridized carbons (Fsp3) is 0.0938. The van der Waals surface area contributed by atoms with Gasteiger partial charge in [0.1, 0.15) is 0 Å². The van der Waals surface area contributed by atoms with E-state index in [0.717, 1.165) is 98.4 Å². The Morgan fingerprint density at radius 2 is 0.913 bits per heavy atom. The van der Waals surface area contributed by atoms with Crippen molar-refractivity contribution in [2.75, 3.05) is 0 Å². The summed E-state index contributed by atoms with van der Waals surface area (Å²) < 4.78 is 0. The summed E-state index contributed by atoms with van der Waals surface area (Å²) in [5.74, 6) is 0. The van der Waals surface area contributed by atoms with Crippen molar-refractivity contribution >= 4 is 0 Å². The summed E-state index contributed by atoms with van der Waals surface area (Å²) in [7, 11) is 0. The van der Waals surface area contributed by atoms with Crippen LogP contribution in [0, 0.1) is 43.4 Å². The molecule has 0 amide bonds. The number of nitriles is 1. The van der Waals surface area contributed by atoms with Crippen molar-refractivity contribution in [3.63, 3.8) is 0 Å². The van der Waals surface area contributed by atoms with Gasteiger partial charge in [0.2, 0.25) is 0 Å². The van der Waals surface area contributed by atoms with Gasteiger partial charge in [0.05, 0.1) is 11.6 Å². The van der Waals surface area contributed by atoms with Gasteiger partial charge in [-0.25, -0.2) is 0 Å². The molecule has 3 aromatic heterocycles. The van der Waals surface area contributed by atoms with Gasteiger partial charge in [0, 0.05) is 18.6 Å². The summed E-state index contributed by atoms with van der Waals surface area (Å²) in [6, 6.07) is 76.8. The van der Waals surface area contributed by atoms with Gasteiger partial charge in [-0.15, -0.1) is 94.5 Å². The molecule has 10 rings (SSSR count). The largest absolute Gasteiger partial charge is 3.00 e. The third-order valence-corrected chi connectivity index (χ3v) is 12.6. The third-order valence-electron chi connectivity index (χ3n) is 12.6. The van der Waals surface area contributed by atoms with Gasteiger partial charge >= 0.3 is 20.1 Å². The molecular formula is C64H47IrN4. The van der Waals surface area contributed by atoms with Crippen molar-refractivity contribution in [2.45, 2.75) is 39.5 Å². The van der Waals surface area contributed by atoms with E-state index < -0.39 is 0 Å². The van der Waals surface area contributed by atoms with Crippen molar-refractivity contribution in [3.05, 3.63) is 258 Å². The molecule has 0 unspecified atom stereocenters. The number of pyridine rings is 3. The quantitative estimate of drug-likeness (QED) is 0.108. The standard InChI is InChI=1S/C64H47N4.Ir/c1-44-32-35-67-63(37-44)54-22-14-46(15-23-54)10-12-49-39-50(13-11-47-16-24-55(25-17-47)64-38-45(2)33-36-68-64)41-57(40-49)58-7-3-4-8-59(58)60-31-30-56(62-9-5-6-34-66-62)42-61(60)53-28-26-52(27-29-53)51-20-18-48(43-65)19-21-51;/h3-9,14-22,24,26-29,31-42H,10-13H2,1-2H3;/q-3;+3. The van der Waals surface area contributed by atoms with Crippen molar-refractivity contribution in [3.8, 4) is 84.3 Å². The van der Waals surface area contributed by atoms with Gasteiger partial charge in [0.25, 0.3) is 0 Å². The second kappa shape index (κ2) is 21.4. The molecule has 69 heavy (non-hydrogen) atoms. The van der Waals surface area contributed by atoms with Crippen LogP contribution in [0.2, 0.25) is 0 Å². The Bertz CT molecular complexity index is 3280. The Hall–Kier alpha value is -7.87. The number of hydrogen-bond donors (Lipinski definition) is 0. The maximum Gasteiger partial charge on any atom is 3.00 e. The molecule has 0 radical (unpaired) electrons. The van der Waals surface area contributed by atoms with E-state index in [2.05, 4.69) is 175 Å². The Labute approximate surface area is 419 Å². The van der Waals surface area contributed by atoms with Gasteiger partial charge in [0.15, 0.2) is 0 Å². The molecule has 0 saturated carbocycles. The van der Waals surface area contributed by atoms with Crippen LogP contribution in [0.25, 0.3) is 78.3 Å². The Morgan fingerprint density at radius 1 is 0.391 bits per heavy atom. The van der Waals surface area contributed by atoms with Crippen LogP contribution in [0.5, 0.6) is 0 Å². The third kappa shape index (κ3) is 11.0. The molecule has 332 valence electrons. The summed E-state index contributed by atoms with van der Waals surface area (Å²) in [5, 5.41) is 9.37. The average Bonchev–Trinajstić information content (AvgIpc) is 3.40. The van der Waals surface area contributed by atoms with E-state index >= 15 is 0 Å². The van der Waals surface area contributed by atoms with Crippen LogP contribution >= 0.6 is 0 Å². The maximum atomic E-state index is 9.37. The fourth-order valence-electron chi connectivity index (χ4n) is 8.87. The molecule has 0 spiro atoms. The van der Waals surface area contributed by atoms with Crippen molar-refractivity contribution < 1.29 is 20.1 Å². The van der Waals surface area contributed by atoms with Crippen LogP contribution in [-0.4, -0.2) is 15.0 Å². The normalized spacial score (nSPS) is 10.9. The van der Waals surface area contributed by atoms with Gasteiger partial charge < -0.3 is 15.0 Å². The molecule has 0 aliphatic heterocycles. The van der Waals surface area contributed by atoms with E-state index in [0.29, 0.717) is 5.56 Å². The van der Waals surface area contributed by atoms with Crippen LogP contribution in [0.15, 0.2) is 201 Å². The van der Waals surface area contributed by atoms with Gasteiger partial charge in [-0.1, -0.05) is 144 Å². The van der Waals surface area contributed by atoms with Crippen LogP contribution in [-0.2, 0) is 45.8 Å². The molecule has 0 N–H and O–H groups in total. The maximum absolute atomic E-state index is 9.37. The molecule has 5 heteroatoms. The minimum atomic E-state index is 0. The van der Waals surface area contributed by atoms with Crippen LogP contribution in [0.1, 0.15) is 38.9 Å². The number of nitrogens with zero attached hydrogens (tertiary/aromatic N) is 4. The van der Waals surface area contributed by atoms with Crippen molar-refractivity contribution in [1.29, 1.82) is 5.26 Å². The zero-order chi connectivity index (χ0) is 46.2. The molecule has 10 aromatic rings. The van der Waals surface area contributed by atoms with Crippen LogP contribution in [0.3, 0.4) is 0 Å². The van der Waals surface area contributed by atoms with E-state index in [-0.39, 0.29) is 20.1 Å². The second-order valence-electron chi connectivity index (χ2n) is 17.4. The molecule has 0 saturated heterocycles. The van der Waals surface area contributed by atoms with Gasteiger partial charge in [-0.05, 0) is 113 Å². The average molecular weight is 1060 g/mol.